The van der Waals surface area contributed by atoms with Crippen molar-refractivity contribution in [2.75, 3.05) is 0 Å². The first-order chi connectivity index (χ1) is 12.3. The number of rotatable bonds is 6. The van der Waals surface area contributed by atoms with Crippen LogP contribution in [-0.2, 0) is 0 Å². The van der Waals surface area contributed by atoms with Crippen LogP contribution >= 0.6 is 11.6 Å². The normalized spacial score (nSPS) is 12.4. The van der Waals surface area contributed by atoms with Gasteiger partial charge >= 0.3 is 0 Å². The molecule has 0 radical (unpaired) electrons. The molecule has 0 saturated heterocycles. The van der Waals surface area contributed by atoms with Gasteiger partial charge in [0.25, 0.3) is 0 Å². The largest absolute Gasteiger partial charge is 0.228 e. The summed E-state index contributed by atoms with van der Waals surface area (Å²) >= 11 is 5.90. The van der Waals surface area contributed by atoms with Gasteiger partial charge in [-0.3, -0.25) is 0 Å². The van der Waals surface area contributed by atoms with Crippen molar-refractivity contribution in [1.29, 1.82) is 0 Å². The number of aromatic nitrogens is 3. The first-order valence-electron chi connectivity index (χ1n) is 8.17. The number of benzene rings is 2. The van der Waals surface area contributed by atoms with Crippen LogP contribution in [0.15, 0.2) is 71.0 Å². The molecule has 0 fully saturated rings. The topological polar surface area (TPSA) is 63.4 Å². The standard InChI is InChI=1S/C19H18ClN5/c1-2-6-17(24-23-16-11-9-15(20)10-12-16)18-13-21-25-19(22-18)14-7-4-3-5-8-14/h3-5,7-13,17H,2,6H2,1H3. The number of hydrogen-bond acceptors (Lipinski definition) is 5. The molecule has 0 aliphatic carbocycles. The third-order valence-corrected chi connectivity index (χ3v) is 3.90. The summed E-state index contributed by atoms with van der Waals surface area (Å²) in [6.07, 6.45) is 3.46. The van der Waals surface area contributed by atoms with Crippen LogP contribution in [-0.4, -0.2) is 15.2 Å². The van der Waals surface area contributed by atoms with Gasteiger partial charge in [0, 0.05) is 10.6 Å². The Hall–Kier alpha value is -2.66. The van der Waals surface area contributed by atoms with Gasteiger partial charge in [0.2, 0.25) is 0 Å². The highest BCUT2D eigenvalue weighted by molar-refractivity contribution is 6.30. The average Bonchev–Trinajstić information content (AvgIpc) is 2.67. The summed E-state index contributed by atoms with van der Waals surface area (Å²) in [5.74, 6) is 0.598. The molecule has 0 spiro atoms. The Labute approximate surface area is 151 Å². The van der Waals surface area contributed by atoms with Crippen LogP contribution < -0.4 is 0 Å². The van der Waals surface area contributed by atoms with Crippen LogP contribution in [0.2, 0.25) is 5.02 Å². The van der Waals surface area contributed by atoms with Crippen LogP contribution in [0.4, 0.5) is 5.69 Å². The van der Waals surface area contributed by atoms with Crippen molar-refractivity contribution in [3.05, 3.63) is 71.5 Å². The van der Waals surface area contributed by atoms with Gasteiger partial charge < -0.3 is 0 Å². The van der Waals surface area contributed by atoms with Crippen LogP contribution in [0.3, 0.4) is 0 Å². The molecule has 1 unspecified atom stereocenters. The molecule has 3 rings (SSSR count). The second kappa shape index (κ2) is 8.44. The van der Waals surface area contributed by atoms with E-state index in [1.165, 1.54) is 0 Å². The zero-order chi connectivity index (χ0) is 17.5. The van der Waals surface area contributed by atoms with Gasteiger partial charge in [0.1, 0.15) is 6.04 Å². The molecule has 3 aromatic rings. The molecule has 6 heteroatoms. The molecule has 1 atom stereocenters. The Morgan fingerprint density at radius 3 is 2.52 bits per heavy atom. The lowest BCUT2D eigenvalue weighted by molar-refractivity contribution is 0.593. The van der Waals surface area contributed by atoms with Crippen LogP contribution in [0.1, 0.15) is 31.5 Å². The summed E-state index contributed by atoms with van der Waals surface area (Å²) in [6.45, 7) is 2.11. The highest BCUT2D eigenvalue weighted by Crippen LogP contribution is 2.25. The molecule has 0 saturated carbocycles. The molecule has 126 valence electrons. The zero-order valence-electron chi connectivity index (χ0n) is 13.9. The summed E-state index contributed by atoms with van der Waals surface area (Å²) in [7, 11) is 0. The monoisotopic (exact) mass is 351 g/mol. The Bertz CT molecular complexity index is 834. The predicted molar refractivity (Wildman–Crippen MR) is 98.9 cm³/mol. The van der Waals surface area contributed by atoms with E-state index in [1.807, 2.05) is 42.5 Å². The quantitative estimate of drug-likeness (QED) is 0.526. The third-order valence-electron chi connectivity index (χ3n) is 3.65. The van der Waals surface area contributed by atoms with E-state index >= 15 is 0 Å². The smallest absolute Gasteiger partial charge is 0.182 e. The molecule has 0 amide bonds. The first-order valence-corrected chi connectivity index (χ1v) is 8.55. The summed E-state index contributed by atoms with van der Waals surface area (Å²) in [5, 5.41) is 17.7. The Morgan fingerprint density at radius 2 is 1.80 bits per heavy atom. The van der Waals surface area contributed by atoms with Crippen LogP contribution in [0.5, 0.6) is 0 Å². The molecule has 0 aliphatic rings. The van der Waals surface area contributed by atoms with E-state index in [1.54, 1.807) is 18.3 Å². The molecule has 25 heavy (non-hydrogen) atoms. The van der Waals surface area contributed by atoms with Gasteiger partial charge in [0.15, 0.2) is 5.82 Å². The van der Waals surface area contributed by atoms with E-state index < -0.39 is 0 Å². The molecule has 1 heterocycles. The highest BCUT2D eigenvalue weighted by Gasteiger charge is 2.14. The van der Waals surface area contributed by atoms with E-state index in [-0.39, 0.29) is 6.04 Å². The lowest BCUT2D eigenvalue weighted by atomic mass is 10.1. The van der Waals surface area contributed by atoms with Crippen molar-refractivity contribution in [2.45, 2.75) is 25.8 Å². The molecule has 0 aliphatic heterocycles. The third kappa shape index (κ3) is 4.67. The van der Waals surface area contributed by atoms with Crippen molar-refractivity contribution in [3.63, 3.8) is 0 Å². The minimum atomic E-state index is -0.154. The average molecular weight is 352 g/mol. The summed E-state index contributed by atoms with van der Waals surface area (Å²) < 4.78 is 0. The van der Waals surface area contributed by atoms with Crippen molar-refractivity contribution in [2.24, 2.45) is 10.2 Å². The highest BCUT2D eigenvalue weighted by atomic mass is 35.5. The summed E-state index contributed by atoms with van der Waals surface area (Å²) in [6, 6.07) is 16.9. The maximum Gasteiger partial charge on any atom is 0.182 e. The second-order valence-electron chi connectivity index (χ2n) is 5.57. The van der Waals surface area contributed by atoms with E-state index in [0.29, 0.717) is 10.8 Å². The van der Waals surface area contributed by atoms with Gasteiger partial charge in [-0.1, -0.05) is 55.3 Å². The fourth-order valence-corrected chi connectivity index (χ4v) is 2.49. The molecular weight excluding hydrogens is 334 g/mol. The molecule has 1 aromatic heterocycles. The van der Waals surface area contributed by atoms with Gasteiger partial charge in [-0.15, -0.1) is 5.10 Å². The maximum absolute atomic E-state index is 5.90. The summed E-state index contributed by atoms with van der Waals surface area (Å²) in [4.78, 5) is 4.64. The number of azo groups is 1. The minimum absolute atomic E-state index is 0.154. The summed E-state index contributed by atoms with van der Waals surface area (Å²) in [5.41, 5.74) is 2.46. The maximum atomic E-state index is 5.90. The molecule has 2 aromatic carbocycles. The Morgan fingerprint density at radius 1 is 1.04 bits per heavy atom. The van der Waals surface area contributed by atoms with Crippen molar-refractivity contribution < 1.29 is 0 Å². The van der Waals surface area contributed by atoms with E-state index in [4.69, 9.17) is 11.6 Å². The Balaban J connectivity index is 1.86. The molecule has 0 bridgehead atoms. The fourth-order valence-electron chi connectivity index (χ4n) is 2.37. The minimum Gasteiger partial charge on any atom is -0.228 e. The zero-order valence-corrected chi connectivity index (χ0v) is 14.6. The SMILES string of the molecule is CCCC(N=Nc1ccc(Cl)cc1)c1cnnc(-c2ccccc2)n1. The number of hydrogen-bond donors (Lipinski definition) is 0. The van der Waals surface area contributed by atoms with Gasteiger partial charge in [-0.2, -0.15) is 15.3 Å². The molecule has 5 nitrogen and oxygen atoms in total. The Kier molecular flexibility index (Phi) is 5.80. The second-order valence-corrected chi connectivity index (χ2v) is 6.00. The first kappa shape index (κ1) is 17.2. The van der Waals surface area contributed by atoms with Gasteiger partial charge in [-0.25, -0.2) is 4.98 Å². The van der Waals surface area contributed by atoms with Gasteiger partial charge in [0.05, 0.1) is 17.6 Å². The number of halogens is 1. The number of nitrogens with zero attached hydrogens (tertiary/aromatic N) is 5. The predicted octanol–water partition coefficient (Wildman–Crippen LogP) is 5.82. The lowest BCUT2D eigenvalue weighted by Gasteiger charge is -2.10. The fraction of sp³-hybridized carbons (Fsp3) is 0.211. The van der Waals surface area contributed by atoms with Gasteiger partial charge in [-0.05, 0) is 30.7 Å². The van der Waals surface area contributed by atoms with Crippen molar-refractivity contribution >= 4 is 17.3 Å². The van der Waals surface area contributed by atoms with E-state index in [0.717, 1.165) is 29.8 Å². The van der Waals surface area contributed by atoms with Crippen LogP contribution in [0.25, 0.3) is 11.4 Å². The molecule has 0 N–H and O–H groups in total. The van der Waals surface area contributed by atoms with Crippen LogP contribution in [0, 0.1) is 0 Å². The molecular formula is C19H18ClN5. The van der Waals surface area contributed by atoms with Crippen molar-refractivity contribution in [3.8, 4) is 11.4 Å². The van der Waals surface area contributed by atoms with Crippen molar-refractivity contribution in [1.82, 2.24) is 15.2 Å². The van der Waals surface area contributed by atoms with E-state index in [9.17, 15) is 0 Å². The lowest BCUT2D eigenvalue weighted by Crippen LogP contribution is -2.03. The van der Waals surface area contributed by atoms with E-state index in [2.05, 4.69) is 32.3 Å².